The third-order valence-electron chi connectivity index (χ3n) is 3.43. The van der Waals surface area contributed by atoms with E-state index in [2.05, 4.69) is 10.3 Å². The van der Waals surface area contributed by atoms with Crippen LogP contribution in [-0.2, 0) is 0 Å². The van der Waals surface area contributed by atoms with E-state index in [0.717, 1.165) is 0 Å². The average Bonchev–Trinajstić information content (AvgIpc) is 2.51. The van der Waals surface area contributed by atoms with Crippen LogP contribution in [-0.4, -0.2) is 34.0 Å². The number of carbonyl (C=O) groups excluding carboxylic acids is 1. The smallest absolute Gasteiger partial charge is 0.276 e. The van der Waals surface area contributed by atoms with Crippen LogP contribution in [0.15, 0.2) is 21.9 Å². The molecule has 0 fully saturated rings. The van der Waals surface area contributed by atoms with E-state index in [1.165, 1.54) is 17.2 Å². The summed E-state index contributed by atoms with van der Waals surface area (Å²) in [5, 5.41) is 12.7. The molecule has 0 aliphatic carbocycles. The Balaban J connectivity index is 2.37. The summed E-state index contributed by atoms with van der Waals surface area (Å²) in [5.74, 6) is -0.874. The quantitative estimate of drug-likeness (QED) is 0.688. The lowest BCUT2D eigenvalue weighted by Gasteiger charge is -2.22. The van der Waals surface area contributed by atoms with Crippen LogP contribution in [0.1, 0.15) is 24.3 Å². The zero-order valence-corrected chi connectivity index (χ0v) is 12.4. The second-order valence-corrected chi connectivity index (χ2v) is 5.14. The van der Waals surface area contributed by atoms with Crippen LogP contribution in [0.4, 0.5) is 17.1 Å². The molecule has 1 heterocycles. The molecule has 0 saturated carbocycles. The van der Waals surface area contributed by atoms with Crippen LogP contribution in [0.2, 0.25) is 0 Å². The topological polar surface area (TPSA) is 126 Å². The van der Waals surface area contributed by atoms with E-state index >= 15 is 0 Å². The Kier molecular flexibility index (Phi) is 3.85. The van der Waals surface area contributed by atoms with Crippen molar-refractivity contribution in [3.63, 3.8) is 0 Å². The predicted molar refractivity (Wildman–Crippen MR) is 82.2 cm³/mol. The molecule has 22 heavy (non-hydrogen) atoms. The van der Waals surface area contributed by atoms with Crippen molar-refractivity contribution in [3.8, 4) is 5.75 Å². The Morgan fingerprint density at radius 2 is 2.00 bits per heavy atom. The maximum atomic E-state index is 12.2. The van der Waals surface area contributed by atoms with Gasteiger partial charge in [0.2, 0.25) is 0 Å². The molecule has 0 spiro atoms. The number of rotatable bonds is 4. The molecule has 0 unspecified atom stereocenters. The van der Waals surface area contributed by atoms with Gasteiger partial charge in [-0.3, -0.25) is 14.4 Å². The Labute approximate surface area is 125 Å². The minimum Gasteiger partial charge on any atom is -0.504 e. The van der Waals surface area contributed by atoms with Gasteiger partial charge in [0.25, 0.3) is 16.8 Å². The number of aromatic nitrogens is 1. The molecule has 2 rings (SSSR count). The number of anilines is 3. The molecule has 1 aromatic heterocycles. The fourth-order valence-corrected chi connectivity index (χ4v) is 1.78. The number of amides is 1. The highest BCUT2D eigenvalue weighted by atomic mass is 16.3. The van der Waals surface area contributed by atoms with Crippen molar-refractivity contribution in [2.45, 2.75) is 19.9 Å². The fourth-order valence-electron chi connectivity index (χ4n) is 1.78. The van der Waals surface area contributed by atoms with Crippen molar-refractivity contribution in [1.82, 2.24) is 9.88 Å². The first-order valence-electron chi connectivity index (χ1n) is 6.56. The molecule has 1 amide bonds. The van der Waals surface area contributed by atoms with E-state index < -0.39 is 22.5 Å². The molecule has 1 aromatic carbocycles. The highest BCUT2D eigenvalue weighted by Crippen LogP contribution is 2.30. The lowest BCUT2D eigenvalue weighted by molar-refractivity contribution is 0.0746. The fraction of sp³-hybridized carbons (Fsp3) is 0.286. The summed E-state index contributed by atoms with van der Waals surface area (Å²) < 4.78 is 0. The number of pyridine rings is 1. The van der Waals surface area contributed by atoms with Gasteiger partial charge >= 0.3 is 0 Å². The van der Waals surface area contributed by atoms with Crippen LogP contribution in [0.5, 0.6) is 5.75 Å². The predicted octanol–water partition coefficient (Wildman–Crippen LogP) is 0.189. The summed E-state index contributed by atoms with van der Waals surface area (Å²) in [7, 11) is 1.59. The average molecular weight is 304 g/mol. The molecule has 2 aromatic rings. The molecule has 0 aliphatic rings. The minimum atomic E-state index is -0.771. The molecule has 0 radical (unpaired) electrons. The number of nitrogens with zero attached hydrogens (tertiary/aromatic N) is 2. The SMILES string of the molecule is CC(C)N(C)C(=O)c1nccc(Nc2c(N)c(=O)c2=O)c1O. The van der Waals surface area contributed by atoms with Gasteiger partial charge in [-0.05, 0) is 19.9 Å². The van der Waals surface area contributed by atoms with Crippen molar-refractivity contribution in [1.29, 1.82) is 0 Å². The van der Waals surface area contributed by atoms with E-state index in [0.29, 0.717) is 0 Å². The first kappa shape index (κ1) is 15.5. The first-order valence-corrected chi connectivity index (χ1v) is 6.56. The molecule has 8 heteroatoms. The summed E-state index contributed by atoms with van der Waals surface area (Å²) in [4.78, 5) is 40.0. The van der Waals surface area contributed by atoms with Gasteiger partial charge in [0.05, 0.1) is 5.69 Å². The lowest BCUT2D eigenvalue weighted by Crippen LogP contribution is -2.36. The summed E-state index contributed by atoms with van der Waals surface area (Å²) in [6.45, 7) is 3.64. The van der Waals surface area contributed by atoms with Crippen molar-refractivity contribution in [2.75, 3.05) is 18.1 Å². The zero-order valence-electron chi connectivity index (χ0n) is 12.4. The molecular weight excluding hydrogens is 288 g/mol. The summed E-state index contributed by atoms with van der Waals surface area (Å²) in [6, 6.07) is 1.30. The lowest BCUT2D eigenvalue weighted by atomic mass is 10.1. The third-order valence-corrected chi connectivity index (χ3v) is 3.43. The van der Waals surface area contributed by atoms with Gasteiger partial charge < -0.3 is 21.1 Å². The molecule has 8 nitrogen and oxygen atoms in total. The van der Waals surface area contributed by atoms with Crippen LogP contribution >= 0.6 is 0 Å². The summed E-state index contributed by atoms with van der Waals surface area (Å²) in [6.07, 6.45) is 1.31. The second kappa shape index (κ2) is 5.47. The molecule has 0 bridgehead atoms. The molecule has 0 aliphatic heterocycles. The number of aromatic hydroxyl groups is 1. The standard InChI is InChI=1S/C14H16N4O4/c1-6(2)18(3)14(22)10-11(19)7(4-5-16-10)17-9-8(15)12(20)13(9)21/h4-6,19H,15H2,1-3H3,(H,16,17). The highest BCUT2D eigenvalue weighted by molar-refractivity contribution is 5.97. The Morgan fingerprint density at radius 1 is 1.36 bits per heavy atom. The molecule has 4 N–H and O–H groups in total. The highest BCUT2D eigenvalue weighted by Gasteiger charge is 2.24. The van der Waals surface area contributed by atoms with Gasteiger partial charge in [-0.2, -0.15) is 0 Å². The molecule has 0 atom stereocenters. The minimum absolute atomic E-state index is 0.0745. The Morgan fingerprint density at radius 3 is 2.55 bits per heavy atom. The third kappa shape index (κ3) is 2.39. The van der Waals surface area contributed by atoms with Gasteiger partial charge in [-0.25, -0.2) is 4.98 Å². The summed E-state index contributed by atoms with van der Waals surface area (Å²) in [5.41, 5.74) is 3.51. The van der Waals surface area contributed by atoms with E-state index in [9.17, 15) is 19.5 Å². The van der Waals surface area contributed by atoms with E-state index in [-0.39, 0.29) is 28.8 Å². The van der Waals surface area contributed by atoms with Crippen LogP contribution < -0.4 is 21.9 Å². The zero-order chi connectivity index (χ0) is 16.6. The normalized spacial score (nSPS) is 10.9. The molecular formula is C14H16N4O4. The maximum Gasteiger partial charge on any atom is 0.276 e. The Hall–Kier alpha value is -2.90. The van der Waals surface area contributed by atoms with Crippen molar-refractivity contribution in [2.24, 2.45) is 0 Å². The van der Waals surface area contributed by atoms with Crippen molar-refractivity contribution < 1.29 is 9.90 Å². The van der Waals surface area contributed by atoms with Gasteiger partial charge in [-0.1, -0.05) is 0 Å². The summed E-state index contributed by atoms with van der Waals surface area (Å²) >= 11 is 0. The molecule has 0 saturated heterocycles. The second-order valence-electron chi connectivity index (χ2n) is 5.14. The first-order chi connectivity index (χ1) is 10.3. The number of nitrogens with two attached hydrogens (primary N) is 1. The Bertz CT molecular complexity index is 806. The van der Waals surface area contributed by atoms with Crippen LogP contribution in [0.3, 0.4) is 0 Å². The van der Waals surface area contributed by atoms with Gasteiger partial charge in [0.15, 0.2) is 11.4 Å². The van der Waals surface area contributed by atoms with Gasteiger partial charge in [0.1, 0.15) is 11.4 Å². The van der Waals surface area contributed by atoms with Gasteiger partial charge in [0, 0.05) is 19.3 Å². The van der Waals surface area contributed by atoms with Crippen LogP contribution in [0.25, 0.3) is 0 Å². The maximum absolute atomic E-state index is 12.2. The monoisotopic (exact) mass is 304 g/mol. The van der Waals surface area contributed by atoms with E-state index in [4.69, 9.17) is 5.73 Å². The van der Waals surface area contributed by atoms with Gasteiger partial charge in [-0.15, -0.1) is 0 Å². The van der Waals surface area contributed by atoms with Crippen LogP contribution in [0, 0.1) is 0 Å². The number of nitrogen functional groups attached to an aromatic ring is 1. The molecule has 116 valence electrons. The van der Waals surface area contributed by atoms with Crippen molar-refractivity contribution >= 4 is 23.0 Å². The number of nitrogens with one attached hydrogen (secondary N) is 1. The number of hydrogen-bond donors (Lipinski definition) is 3. The number of carbonyl (C=O) groups is 1. The van der Waals surface area contributed by atoms with E-state index in [1.54, 1.807) is 7.05 Å². The number of hydrogen-bond acceptors (Lipinski definition) is 7. The van der Waals surface area contributed by atoms with Crippen molar-refractivity contribution in [3.05, 3.63) is 38.4 Å². The largest absolute Gasteiger partial charge is 0.504 e. The van der Waals surface area contributed by atoms with E-state index in [1.807, 2.05) is 13.8 Å².